The van der Waals surface area contributed by atoms with Gasteiger partial charge in [-0.15, -0.1) is 0 Å². The van der Waals surface area contributed by atoms with Crippen LogP contribution in [0.15, 0.2) is 48.5 Å². The molecule has 0 radical (unpaired) electrons. The highest BCUT2D eigenvalue weighted by atomic mass is 16.2. The minimum absolute atomic E-state index is 0.594. The molecular formula is C15H16N4O2. The van der Waals surface area contributed by atoms with Crippen molar-refractivity contribution in [3.63, 3.8) is 0 Å². The Bertz CT molecular complexity index is 653. The molecule has 0 aliphatic rings. The van der Waals surface area contributed by atoms with Crippen LogP contribution in [0.1, 0.15) is 11.1 Å². The number of primary amides is 2. The molecule has 6 N–H and O–H groups in total. The number of anilines is 2. The number of urea groups is 2. The summed E-state index contributed by atoms with van der Waals surface area (Å²) in [5, 5.41) is 5.10. The second kappa shape index (κ2) is 6.42. The number of amides is 4. The summed E-state index contributed by atoms with van der Waals surface area (Å²) in [6.07, 6.45) is 0.632. The fourth-order valence-corrected chi connectivity index (χ4v) is 2.00. The van der Waals surface area contributed by atoms with Crippen LogP contribution in [0.25, 0.3) is 0 Å². The maximum atomic E-state index is 11.0. The third-order valence-electron chi connectivity index (χ3n) is 2.89. The molecule has 0 saturated heterocycles. The van der Waals surface area contributed by atoms with Crippen molar-refractivity contribution in [3.05, 3.63) is 59.7 Å². The number of nitrogens with one attached hydrogen (secondary N) is 2. The maximum absolute atomic E-state index is 11.0. The number of carbonyl (C=O) groups is 2. The standard InChI is InChI=1S/C15H16N4O2/c16-14(20)18-12-7-5-10(6-8-12)9-11-3-1-2-4-13(11)19-15(17)21/h1-8H,9H2,(H3,16,18,20)(H3,17,19,21). The van der Waals surface area contributed by atoms with Gasteiger partial charge in [-0.1, -0.05) is 30.3 Å². The Morgan fingerprint density at radius 2 is 1.48 bits per heavy atom. The first-order chi connectivity index (χ1) is 10.0. The predicted octanol–water partition coefficient (Wildman–Crippen LogP) is 2.26. The van der Waals surface area contributed by atoms with Crippen LogP contribution in [-0.2, 0) is 6.42 Å². The average molecular weight is 284 g/mol. The van der Waals surface area contributed by atoms with Crippen molar-refractivity contribution in [1.29, 1.82) is 0 Å². The SMILES string of the molecule is NC(=O)Nc1ccc(Cc2ccccc2NC(N)=O)cc1. The molecule has 0 saturated carbocycles. The molecule has 0 atom stereocenters. The quantitative estimate of drug-likeness (QED) is 0.690. The van der Waals surface area contributed by atoms with E-state index in [2.05, 4.69) is 10.6 Å². The maximum Gasteiger partial charge on any atom is 0.316 e. The first-order valence-corrected chi connectivity index (χ1v) is 6.34. The Balaban J connectivity index is 2.14. The molecule has 4 amide bonds. The number of para-hydroxylation sites is 1. The number of hydrogen-bond donors (Lipinski definition) is 4. The molecular weight excluding hydrogens is 268 g/mol. The van der Waals surface area contributed by atoms with E-state index >= 15 is 0 Å². The minimum Gasteiger partial charge on any atom is -0.351 e. The van der Waals surface area contributed by atoms with Crippen molar-refractivity contribution in [2.45, 2.75) is 6.42 Å². The van der Waals surface area contributed by atoms with Crippen molar-refractivity contribution in [2.75, 3.05) is 10.6 Å². The summed E-state index contributed by atoms with van der Waals surface area (Å²) in [5.41, 5.74) is 13.5. The van der Waals surface area contributed by atoms with Gasteiger partial charge in [0, 0.05) is 11.4 Å². The summed E-state index contributed by atoms with van der Waals surface area (Å²) in [4.78, 5) is 21.7. The highest BCUT2D eigenvalue weighted by Crippen LogP contribution is 2.20. The van der Waals surface area contributed by atoms with Gasteiger partial charge in [0.05, 0.1) is 0 Å². The van der Waals surface area contributed by atoms with Crippen LogP contribution in [0.3, 0.4) is 0 Å². The fourth-order valence-electron chi connectivity index (χ4n) is 2.00. The monoisotopic (exact) mass is 284 g/mol. The molecule has 0 fully saturated rings. The van der Waals surface area contributed by atoms with Crippen LogP contribution in [0.4, 0.5) is 21.0 Å². The van der Waals surface area contributed by atoms with E-state index in [1.807, 2.05) is 30.3 Å². The molecule has 0 unspecified atom stereocenters. The van der Waals surface area contributed by atoms with Crippen LogP contribution in [0, 0.1) is 0 Å². The number of benzene rings is 2. The summed E-state index contributed by atoms with van der Waals surface area (Å²) < 4.78 is 0. The smallest absolute Gasteiger partial charge is 0.316 e. The first-order valence-electron chi connectivity index (χ1n) is 6.34. The lowest BCUT2D eigenvalue weighted by Gasteiger charge is -2.10. The van der Waals surface area contributed by atoms with E-state index in [0.717, 1.165) is 11.1 Å². The lowest BCUT2D eigenvalue weighted by Crippen LogP contribution is -2.20. The van der Waals surface area contributed by atoms with Gasteiger partial charge in [-0.25, -0.2) is 9.59 Å². The summed E-state index contributed by atoms with van der Waals surface area (Å²) in [6.45, 7) is 0. The van der Waals surface area contributed by atoms with E-state index in [1.54, 1.807) is 18.2 Å². The molecule has 0 aliphatic heterocycles. The van der Waals surface area contributed by atoms with Gasteiger partial charge in [0.25, 0.3) is 0 Å². The molecule has 6 nitrogen and oxygen atoms in total. The Morgan fingerprint density at radius 3 is 2.10 bits per heavy atom. The van der Waals surface area contributed by atoms with Crippen molar-refractivity contribution in [2.24, 2.45) is 11.5 Å². The van der Waals surface area contributed by atoms with Crippen LogP contribution in [0.5, 0.6) is 0 Å². The zero-order valence-electron chi connectivity index (χ0n) is 11.3. The summed E-state index contributed by atoms with van der Waals surface area (Å²) in [7, 11) is 0. The molecule has 2 rings (SSSR count). The first kappa shape index (κ1) is 14.4. The molecule has 108 valence electrons. The van der Waals surface area contributed by atoms with E-state index in [0.29, 0.717) is 17.8 Å². The van der Waals surface area contributed by atoms with Gasteiger partial charge in [-0.2, -0.15) is 0 Å². The number of nitrogens with two attached hydrogens (primary N) is 2. The van der Waals surface area contributed by atoms with Crippen molar-refractivity contribution < 1.29 is 9.59 Å². The van der Waals surface area contributed by atoms with E-state index in [4.69, 9.17) is 11.5 Å². The average Bonchev–Trinajstić information content (AvgIpc) is 2.42. The van der Waals surface area contributed by atoms with Gasteiger partial charge in [0.15, 0.2) is 0 Å². The minimum atomic E-state index is -0.598. The lowest BCUT2D eigenvalue weighted by molar-refractivity contribution is 0.258. The van der Waals surface area contributed by atoms with Crippen molar-refractivity contribution >= 4 is 23.4 Å². The molecule has 0 aliphatic carbocycles. The zero-order valence-corrected chi connectivity index (χ0v) is 11.3. The highest BCUT2D eigenvalue weighted by Gasteiger charge is 2.05. The Hall–Kier alpha value is -3.02. The Labute approximate surface area is 122 Å². The summed E-state index contributed by atoms with van der Waals surface area (Å²) >= 11 is 0. The van der Waals surface area contributed by atoms with Crippen molar-refractivity contribution in [1.82, 2.24) is 0 Å². The molecule has 0 aromatic heterocycles. The molecule has 6 heteroatoms. The van der Waals surface area contributed by atoms with Crippen LogP contribution in [-0.4, -0.2) is 12.1 Å². The van der Waals surface area contributed by atoms with Gasteiger partial charge in [0.1, 0.15) is 0 Å². The molecule has 0 heterocycles. The molecule has 2 aromatic rings. The van der Waals surface area contributed by atoms with Crippen LogP contribution in [0.2, 0.25) is 0 Å². The lowest BCUT2D eigenvalue weighted by atomic mass is 10.0. The highest BCUT2D eigenvalue weighted by molar-refractivity contribution is 5.89. The predicted molar refractivity (Wildman–Crippen MR) is 82.1 cm³/mol. The third kappa shape index (κ3) is 4.24. The van der Waals surface area contributed by atoms with Crippen molar-refractivity contribution in [3.8, 4) is 0 Å². The van der Waals surface area contributed by atoms with Gasteiger partial charge in [0.2, 0.25) is 0 Å². The summed E-state index contributed by atoms with van der Waals surface area (Å²) in [6, 6.07) is 13.5. The second-order valence-electron chi connectivity index (χ2n) is 4.51. The number of hydrogen-bond acceptors (Lipinski definition) is 2. The van der Waals surface area contributed by atoms with Gasteiger partial charge >= 0.3 is 12.1 Å². The van der Waals surface area contributed by atoms with Crippen LogP contribution >= 0.6 is 0 Å². The molecule has 2 aromatic carbocycles. The van der Waals surface area contributed by atoms with Gasteiger partial charge in [-0.05, 0) is 35.7 Å². The van der Waals surface area contributed by atoms with E-state index in [-0.39, 0.29) is 0 Å². The Kier molecular flexibility index (Phi) is 4.40. The summed E-state index contributed by atoms with van der Waals surface area (Å²) in [5.74, 6) is 0. The molecule has 0 bridgehead atoms. The topological polar surface area (TPSA) is 110 Å². The zero-order chi connectivity index (χ0) is 15.2. The van der Waals surface area contributed by atoms with E-state index < -0.39 is 12.1 Å². The second-order valence-corrected chi connectivity index (χ2v) is 4.51. The van der Waals surface area contributed by atoms with E-state index in [9.17, 15) is 9.59 Å². The Morgan fingerprint density at radius 1 is 0.857 bits per heavy atom. The number of rotatable bonds is 4. The number of carbonyl (C=O) groups excluding carboxylic acids is 2. The largest absolute Gasteiger partial charge is 0.351 e. The van der Waals surface area contributed by atoms with Crippen LogP contribution < -0.4 is 22.1 Å². The van der Waals surface area contributed by atoms with E-state index in [1.165, 1.54) is 0 Å². The van der Waals surface area contributed by atoms with Gasteiger partial charge < -0.3 is 22.1 Å². The third-order valence-corrected chi connectivity index (χ3v) is 2.89. The molecule has 0 spiro atoms. The van der Waals surface area contributed by atoms with Gasteiger partial charge in [-0.3, -0.25) is 0 Å². The molecule has 21 heavy (non-hydrogen) atoms. The normalized spacial score (nSPS) is 9.90. The fraction of sp³-hybridized carbons (Fsp3) is 0.0667.